The quantitative estimate of drug-likeness (QED) is 0.777. The van der Waals surface area contributed by atoms with Gasteiger partial charge in [0.05, 0.1) is 13.2 Å². The van der Waals surface area contributed by atoms with Crippen LogP contribution < -0.4 is 10.5 Å². The summed E-state index contributed by atoms with van der Waals surface area (Å²) in [4.78, 5) is 0. The van der Waals surface area contributed by atoms with Crippen LogP contribution in [-0.4, -0.2) is 25.9 Å². The normalized spacial score (nSPS) is 14.6. The van der Waals surface area contributed by atoms with E-state index in [1.807, 2.05) is 37.3 Å². The summed E-state index contributed by atoms with van der Waals surface area (Å²) in [7, 11) is 1.66. The number of rotatable bonds is 6. The molecular weight excluding hydrogens is 190 g/mol. The lowest BCUT2D eigenvalue weighted by atomic mass is 10.0. The monoisotopic (exact) mass is 209 g/mol. The number of para-hydroxylation sites is 1. The van der Waals surface area contributed by atoms with Crippen molar-refractivity contribution in [3.8, 4) is 5.75 Å². The Kier molecular flexibility index (Phi) is 4.59. The third-order valence-corrected chi connectivity index (χ3v) is 2.16. The molecule has 3 heteroatoms. The molecule has 0 radical (unpaired) electrons. The van der Waals surface area contributed by atoms with E-state index in [9.17, 15) is 0 Å². The predicted molar refractivity (Wildman–Crippen MR) is 61.0 cm³/mol. The van der Waals surface area contributed by atoms with Gasteiger partial charge in [0, 0.05) is 19.1 Å². The maximum atomic E-state index is 5.99. The van der Waals surface area contributed by atoms with Gasteiger partial charge >= 0.3 is 0 Å². The van der Waals surface area contributed by atoms with E-state index in [1.54, 1.807) is 7.11 Å². The average Bonchev–Trinajstić information content (AvgIpc) is 2.19. The molecule has 0 saturated carbocycles. The van der Waals surface area contributed by atoms with Crippen LogP contribution in [0.3, 0.4) is 0 Å². The van der Waals surface area contributed by atoms with Gasteiger partial charge in [-0.05, 0) is 19.1 Å². The molecule has 3 nitrogen and oxygen atoms in total. The molecule has 0 amide bonds. The summed E-state index contributed by atoms with van der Waals surface area (Å²) in [5.74, 6) is 0.880. The van der Waals surface area contributed by atoms with Crippen molar-refractivity contribution >= 4 is 0 Å². The molecule has 1 unspecified atom stereocenters. The second-order valence-electron chi connectivity index (χ2n) is 4.00. The fourth-order valence-electron chi connectivity index (χ4n) is 1.32. The highest BCUT2D eigenvalue weighted by Gasteiger charge is 2.17. The van der Waals surface area contributed by atoms with Crippen LogP contribution >= 0.6 is 0 Å². The van der Waals surface area contributed by atoms with Crippen molar-refractivity contribution in [2.75, 3.05) is 20.3 Å². The Morgan fingerprint density at radius 2 is 1.93 bits per heavy atom. The van der Waals surface area contributed by atoms with E-state index < -0.39 is 0 Å². The van der Waals surface area contributed by atoms with Crippen LogP contribution in [0.25, 0.3) is 0 Å². The van der Waals surface area contributed by atoms with Crippen molar-refractivity contribution in [3.05, 3.63) is 30.3 Å². The van der Waals surface area contributed by atoms with Gasteiger partial charge in [-0.2, -0.15) is 0 Å². The highest BCUT2D eigenvalue weighted by Crippen LogP contribution is 2.11. The zero-order valence-electron chi connectivity index (χ0n) is 9.40. The largest absolute Gasteiger partial charge is 0.494 e. The van der Waals surface area contributed by atoms with Crippen molar-refractivity contribution in [1.29, 1.82) is 0 Å². The molecular formula is C12H19NO2. The Labute approximate surface area is 91.2 Å². The van der Waals surface area contributed by atoms with E-state index in [2.05, 4.69) is 0 Å². The third kappa shape index (κ3) is 4.81. The van der Waals surface area contributed by atoms with Gasteiger partial charge in [-0.25, -0.2) is 0 Å². The fraction of sp³-hybridized carbons (Fsp3) is 0.500. The van der Waals surface area contributed by atoms with Gasteiger partial charge in [-0.15, -0.1) is 0 Å². The Balaban J connectivity index is 2.27. The molecule has 1 aromatic carbocycles. The first-order chi connectivity index (χ1) is 7.14. The molecule has 0 fully saturated rings. The second kappa shape index (κ2) is 5.73. The lowest BCUT2D eigenvalue weighted by Gasteiger charge is -2.23. The van der Waals surface area contributed by atoms with Crippen LogP contribution in [0.4, 0.5) is 0 Å². The van der Waals surface area contributed by atoms with Crippen molar-refractivity contribution in [2.24, 2.45) is 5.73 Å². The van der Waals surface area contributed by atoms with Crippen LogP contribution in [0, 0.1) is 0 Å². The molecule has 0 spiro atoms. The van der Waals surface area contributed by atoms with E-state index in [1.165, 1.54) is 0 Å². The van der Waals surface area contributed by atoms with Crippen molar-refractivity contribution in [2.45, 2.75) is 18.9 Å². The molecule has 0 aliphatic heterocycles. The maximum absolute atomic E-state index is 5.99. The van der Waals surface area contributed by atoms with Gasteiger partial charge in [-0.3, -0.25) is 0 Å². The van der Waals surface area contributed by atoms with E-state index in [0.717, 1.165) is 12.2 Å². The maximum Gasteiger partial charge on any atom is 0.119 e. The fourth-order valence-corrected chi connectivity index (χ4v) is 1.32. The smallest absolute Gasteiger partial charge is 0.119 e. The van der Waals surface area contributed by atoms with Gasteiger partial charge in [0.25, 0.3) is 0 Å². The minimum absolute atomic E-state index is 0.316. The summed E-state index contributed by atoms with van der Waals surface area (Å²) in [5, 5.41) is 0. The summed E-state index contributed by atoms with van der Waals surface area (Å²) in [5.41, 5.74) is 5.67. The van der Waals surface area contributed by atoms with Crippen LogP contribution in [0.5, 0.6) is 5.75 Å². The number of hydrogen-bond donors (Lipinski definition) is 1. The Bertz CT molecular complexity index is 272. The molecule has 1 atom stereocenters. The van der Waals surface area contributed by atoms with Crippen LogP contribution in [0.1, 0.15) is 13.3 Å². The third-order valence-electron chi connectivity index (χ3n) is 2.16. The highest BCUT2D eigenvalue weighted by atomic mass is 16.5. The first kappa shape index (κ1) is 12.0. The lowest BCUT2D eigenvalue weighted by Crippen LogP contribution is -2.42. The Morgan fingerprint density at radius 3 is 2.53 bits per heavy atom. The predicted octanol–water partition coefficient (Wildman–Crippen LogP) is 1.82. The standard InChI is InChI=1S/C12H19NO2/c1-12(13,10-14-2)8-9-15-11-6-4-3-5-7-11/h3-7H,8-10,13H2,1-2H3. The van der Waals surface area contributed by atoms with E-state index in [-0.39, 0.29) is 5.54 Å². The molecule has 0 aliphatic rings. The van der Waals surface area contributed by atoms with Crippen LogP contribution in [0.15, 0.2) is 30.3 Å². The van der Waals surface area contributed by atoms with Crippen LogP contribution in [0.2, 0.25) is 0 Å². The van der Waals surface area contributed by atoms with Crippen molar-refractivity contribution < 1.29 is 9.47 Å². The van der Waals surface area contributed by atoms with Gasteiger partial charge in [-0.1, -0.05) is 18.2 Å². The second-order valence-corrected chi connectivity index (χ2v) is 4.00. The first-order valence-corrected chi connectivity index (χ1v) is 5.10. The number of methoxy groups -OCH3 is 1. The summed E-state index contributed by atoms with van der Waals surface area (Å²) in [6, 6.07) is 9.73. The number of benzene rings is 1. The zero-order valence-corrected chi connectivity index (χ0v) is 9.40. The SMILES string of the molecule is COCC(C)(N)CCOc1ccccc1. The topological polar surface area (TPSA) is 44.5 Å². The summed E-state index contributed by atoms with van der Waals surface area (Å²) < 4.78 is 10.6. The zero-order chi connectivity index (χ0) is 11.1. The molecule has 0 aliphatic carbocycles. The van der Waals surface area contributed by atoms with Gasteiger partial charge < -0.3 is 15.2 Å². The number of nitrogens with two attached hydrogens (primary N) is 1. The highest BCUT2D eigenvalue weighted by molar-refractivity contribution is 5.20. The van der Waals surface area contributed by atoms with Crippen molar-refractivity contribution in [1.82, 2.24) is 0 Å². The minimum Gasteiger partial charge on any atom is -0.494 e. The minimum atomic E-state index is -0.316. The summed E-state index contributed by atoms with van der Waals surface area (Å²) in [6.45, 7) is 3.12. The van der Waals surface area contributed by atoms with Crippen molar-refractivity contribution in [3.63, 3.8) is 0 Å². The number of hydrogen-bond acceptors (Lipinski definition) is 3. The van der Waals surface area contributed by atoms with Crippen LogP contribution in [-0.2, 0) is 4.74 Å². The summed E-state index contributed by atoms with van der Waals surface area (Å²) >= 11 is 0. The lowest BCUT2D eigenvalue weighted by molar-refractivity contribution is 0.124. The molecule has 0 aromatic heterocycles. The van der Waals surface area contributed by atoms with E-state index >= 15 is 0 Å². The average molecular weight is 209 g/mol. The molecule has 1 rings (SSSR count). The van der Waals surface area contributed by atoms with E-state index in [0.29, 0.717) is 13.2 Å². The molecule has 84 valence electrons. The Morgan fingerprint density at radius 1 is 1.27 bits per heavy atom. The molecule has 0 heterocycles. The molecule has 1 aromatic rings. The molecule has 2 N–H and O–H groups in total. The van der Waals surface area contributed by atoms with E-state index in [4.69, 9.17) is 15.2 Å². The summed E-state index contributed by atoms with van der Waals surface area (Å²) in [6.07, 6.45) is 0.774. The molecule has 0 bridgehead atoms. The number of ether oxygens (including phenoxy) is 2. The van der Waals surface area contributed by atoms with Gasteiger partial charge in [0.2, 0.25) is 0 Å². The van der Waals surface area contributed by atoms with Gasteiger partial charge in [0.1, 0.15) is 5.75 Å². The Hall–Kier alpha value is -1.06. The molecule has 0 saturated heterocycles. The molecule has 15 heavy (non-hydrogen) atoms. The van der Waals surface area contributed by atoms with Gasteiger partial charge in [0.15, 0.2) is 0 Å². The first-order valence-electron chi connectivity index (χ1n) is 5.10.